The monoisotopic (exact) mass is 382 g/mol. The van der Waals surface area contributed by atoms with Gasteiger partial charge in [0.2, 0.25) is 0 Å². The first-order valence-electron chi connectivity index (χ1n) is 8.64. The van der Waals surface area contributed by atoms with Gasteiger partial charge in [0.25, 0.3) is 0 Å². The predicted octanol–water partition coefficient (Wildman–Crippen LogP) is 4.03. The van der Waals surface area contributed by atoms with Crippen LogP contribution in [0.2, 0.25) is 5.15 Å². The van der Waals surface area contributed by atoms with Gasteiger partial charge in [0.15, 0.2) is 16.1 Å². The Labute approximate surface area is 155 Å². The fourth-order valence-corrected chi connectivity index (χ4v) is 4.46. The first-order chi connectivity index (χ1) is 12.1. The van der Waals surface area contributed by atoms with E-state index in [0.29, 0.717) is 17.1 Å². The van der Waals surface area contributed by atoms with Crippen LogP contribution in [0.25, 0.3) is 10.9 Å². The highest BCUT2D eigenvalue weighted by molar-refractivity contribution is 7.99. The summed E-state index contributed by atoms with van der Waals surface area (Å²) < 4.78 is 20.5. The highest BCUT2D eigenvalue weighted by atomic mass is 35.5. The minimum atomic E-state index is -0.557. The molecule has 4 heterocycles. The number of aromatic nitrogens is 3. The molecule has 2 aliphatic heterocycles. The molecule has 5 nitrogen and oxygen atoms in total. The van der Waals surface area contributed by atoms with Crippen molar-refractivity contribution in [1.29, 1.82) is 0 Å². The lowest BCUT2D eigenvalue weighted by atomic mass is 9.97. The molecule has 25 heavy (non-hydrogen) atoms. The van der Waals surface area contributed by atoms with Crippen molar-refractivity contribution in [3.05, 3.63) is 16.7 Å². The fourth-order valence-electron chi connectivity index (χ4n) is 3.71. The minimum absolute atomic E-state index is 0.111. The maximum Gasteiger partial charge on any atom is 0.190 e. The lowest BCUT2D eigenvalue weighted by Gasteiger charge is -2.30. The molecule has 0 spiro atoms. The Hall–Kier alpha value is -1.18. The Morgan fingerprint density at radius 2 is 2.20 bits per heavy atom. The van der Waals surface area contributed by atoms with E-state index >= 15 is 0 Å². The van der Waals surface area contributed by atoms with Gasteiger partial charge in [0.1, 0.15) is 11.3 Å². The molecule has 2 aromatic heterocycles. The Kier molecular flexibility index (Phi) is 4.73. The van der Waals surface area contributed by atoms with Gasteiger partial charge in [-0.15, -0.1) is 0 Å². The van der Waals surface area contributed by atoms with Crippen LogP contribution in [-0.2, 0) is 4.74 Å². The zero-order valence-corrected chi connectivity index (χ0v) is 15.8. The van der Waals surface area contributed by atoms with E-state index in [4.69, 9.17) is 21.3 Å². The summed E-state index contributed by atoms with van der Waals surface area (Å²) >= 11 is 7.59. The summed E-state index contributed by atoms with van der Waals surface area (Å²) in [6.07, 6.45) is 1.79. The molecule has 0 unspecified atom stereocenters. The molecule has 0 aromatic carbocycles. The molecular weight excluding hydrogens is 363 g/mol. The smallest absolute Gasteiger partial charge is 0.190 e. The van der Waals surface area contributed by atoms with Crippen molar-refractivity contribution in [3.8, 4) is 0 Å². The van der Waals surface area contributed by atoms with Crippen molar-refractivity contribution in [3.63, 3.8) is 0 Å². The van der Waals surface area contributed by atoms with E-state index in [1.165, 1.54) is 11.8 Å². The molecule has 0 amide bonds. The Balaban J connectivity index is 2.03. The van der Waals surface area contributed by atoms with E-state index < -0.39 is 5.82 Å². The molecule has 0 saturated carbocycles. The standard InChI is InChI=1S/C17H20ClFN4OS/c1-3-25-17-21-14-11-13(20-15(18)12(14)19)9(2)7-10-8-24-6-4-5-23(10)16(11)22-17/h9-10H,3-8H2,1-2H3/t9-,10-/m0/s1. The molecule has 134 valence electrons. The summed E-state index contributed by atoms with van der Waals surface area (Å²) in [6.45, 7) is 6.36. The third kappa shape index (κ3) is 2.96. The molecule has 2 aliphatic rings. The topological polar surface area (TPSA) is 51.1 Å². The molecule has 2 aromatic rings. The van der Waals surface area contributed by atoms with Crippen LogP contribution in [-0.4, -0.2) is 46.5 Å². The highest BCUT2D eigenvalue weighted by Gasteiger charge is 2.34. The average molecular weight is 383 g/mol. The van der Waals surface area contributed by atoms with Gasteiger partial charge in [-0.3, -0.25) is 0 Å². The fraction of sp³-hybridized carbons (Fsp3) is 0.588. The number of hydrogen-bond donors (Lipinski definition) is 0. The number of nitrogens with zero attached hydrogens (tertiary/aromatic N) is 4. The van der Waals surface area contributed by atoms with E-state index in [-0.39, 0.29) is 22.6 Å². The van der Waals surface area contributed by atoms with Crippen molar-refractivity contribution in [2.24, 2.45) is 0 Å². The van der Waals surface area contributed by atoms with E-state index in [0.717, 1.165) is 43.3 Å². The van der Waals surface area contributed by atoms with Crippen LogP contribution < -0.4 is 4.90 Å². The third-order valence-corrected chi connectivity index (χ3v) is 5.79. The molecule has 4 rings (SSSR count). The molecule has 0 aliphatic carbocycles. The molecule has 0 radical (unpaired) electrons. The maximum atomic E-state index is 14.8. The normalized spacial score (nSPS) is 23.3. The number of halogens is 2. The Morgan fingerprint density at radius 1 is 1.36 bits per heavy atom. The molecule has 0 N–H and O–H groups in total. The van der Waals surface area contributed by atoms with Crippen LogP contribution in [0.1, 0.15) is 38.3 Å². The summed E-state index contributed by atoms with van der Waals surface area (Å²) in [7, 11) is 0. The van der Waals surface area contributed by atoms with Crippen molar-refractivity contribution in [1.82, 2.24) is 15.0 Å². The lowest BCUT2D eigenvalue weighted by Crippen LogP contribution is -2.38. The zero-order chi connectivity index (χ0) is 17.6. The quantitative estimate of drug-likeness (QED) is 0.444. The Bertz CT molecular complexity index is 821. The highest BCUT2D eigenvalue weighted by Crippen LogP contribution is 2.41. The van der Waals surface area contributed by atoms with Crippen molar-refractivity contribution in [2.45, 2.75) is 43.8 Å². The van der Waals surface area contributed by atoms with Crippen LogP contribution in [0.15, 0.2) is 5.16 Å². The maximum absolute atomic E-state index is 14.8. The van der Waals surface area contributed by atoms with Gasteiger partial charge in [-0.05, 0) is 18.6 Å². The van der Waals surface area contributed by atoms with Crippen LogP contribution in [0, 0.1) is 5.82 Å². The molecule has 8 heteroatoms. The second kappa shape index (κ2) is 6.85. The first-order valence-corrected chi connectivity index (χ1v) is 10.00. The third-order valence-electron chi connectivity index (χ3n) is 4.81. The number of thioether (sulfide) groups is 1. The van der Waals surface area contributed by atoms with Crippen LogP contribution in [0.3, 0.4) is 0 Å². The van der Waals surface area contributed by atoms with E-state index in [9.17, 15) is 4.39 Å². The number of pyridine rings is 1. The minimum Gasteiger partial charge on any atom is -0.379 e. The van der Waals surface area contributed by atoms with Crippen LogP contribution in [0.4, 0.5) is 10.2 Å². The van der Waals surface area contributed by atoms with Crippen molar-refractivity contribution in [2.75, 3.05) is 30.4 Å². The van der Waals surface area contributed by atoms with E-state index in [1.807, 2.05) is 6.92 Å². The van der Waals surface area contributed by atoms with Crippen LogP contribution in [0.5, 0.6) is 0 Å². The van der Waals surface area contributed by atoms with Crippen LogP contribution >= 0.6 is 23.4 Å². The van der Waals surface area contributed by atoms with Gasteiger partial charge in [-0.2, -0.15) is 0 Å². The largest absolute Gasteiger partial charge is 0.379 e. The number of fused-ring (bicyclic) bond motifs is 2. The van der Waals surface area contributed by atoms with Gasteiger partial charge in [-0.1, -0.05) is 37.2 Å². The molecular formula is C17H20ClFN4OS. The zero-order valence-electron chi connectivity index (χ0n) is 14.3. The first kappa shape index (κ1) is 17.2. The second-order valence-electron chi connectivity index (χ2n) is 6.50. The second-order valence-corrected chi connectivity index (χ2v) is 8.09. The summed E-state index contributed by atoms with van der Waals surface area (Å²) in [4.78, 5) is 15.9. The van der Waals surface area contributed by atoms with Crippen molar-refractivity contribution < 1.29 is 9.13 Å². The number of ether oxygens (including phenoxy) is 1. The number of rotatable bonds is 2. The summed E-state index contributed by atoms with van der Waals surface area (Å²) in [6, 6.07) is 0.200. The van der Waals surface area contributed by atoms with E-state index in [1.54, 1.807) is 0 Å². The van der Waals surface area contributed by atoms with Gasteiger partial charge in [-0.25, -0.2) is 19.3 Å². The SMILES string of the molecule is CCSc1nc2c3c(nc(Cl)c(F)c3n1)[C@@H](C)C[C@H]1COCCCN21. The number of anilines is 1. The lowest BCUT2D eigenvalue weighted by molar-refractivity contribution is 0.131. The van der Waals surface area contributed by atoms with Gasteiger partial charge in [0, 0.05) is 19.1 Å². The Morgan fingerprint density at radius 3 is 3.00 bits per heavy atom. The van der Waals surface area contributed by atoms with Crippen molar-refractivity contribution >= 4 is 40.1 Å². The molecule has 0 bridgehead atoms. The summed E-state index contributed by atoms with van der Waals surface area (Å²) in [5, 5.41) is 1.18. The predicted molar refractivity (Wildman–Crippen MR) is 98.3 cm³/mol. The average Bonchev–Trinajstić information content (AvgIpc) is 2.87. The van der Waals surface area contributed by atoms with Gasteiger partial charge < -0.3 is 9.64 Å². The summed E-state index contributed by atoms with van der Waals surface area (Å²) in [5.41, 5.74) is 1.08. The van der Waals surface area contributed by atoms with E-state index in [2.05, 4.69) is 21.8 Å². The number of hydrogen-bond acceptors (Lipinski definition) is 6. The van der Waals surface area contributed by atoms with Gasteiger partial charge in [0.05, 0.1) is 23.7 Å². The molecule has 1 fully saturated rings. The summed E-state index contributed by atoms with van der Waals surface area (Å²) in [5.74, 6) is 1.17. The molecule has 2 atom stereocenters. The van der Waals surface area contributed by atoms with Gasteiger partial charge >= 0.3 is 0 Å². The molecule has 1 saturated heterocycles.